The molecule has 0 atom stereocenters. The zero-order valence-electron chi connectivity index (χ0n) is 17.4. The molecule has 33 heavy (non-hydrogen) atoms. The normalized spacial score (nSPS) is 10.6. The molecule has 0 saturated carbocycles. The van der Waals surface area contributed by atoms with E-state index < -0.39 is 0 Å². The second kappa shape index (κ2) is 12.0. The molecule has 2 heterocycles. The zero-order valence-corrected chi connectivity index (χ0v) is 20.6. The second-order valence-electron chi connectivity index (χ2n) is 6.82. The van der Waals surface area contributed by atoms with Crippen LogP contribution in [0.5, 0.6) is 0 Å². The first kappa shape index (κ1) is 24.2. The monoisotopic (exact) mass is 628 g/mol. The summed E-state index contributed by atoms with van der Waals surface area (Å²) >= 11 is 1.51. The van der Waals surface area contributed by atoms with Gasteiger partial charge in [-0.25, -0.2) is 4.37 Å². The Balaban J connectivity index is 0.000000181. The number of aromatic nitrogens is 2. The van der Waals surface area contributed by atoms with Crippen LogP contribution in [0.25, 0.3) is 27.1 Å². The van der Waals surface area contributed by atoms with Gasteiger partial charge in [-0.15, -0.1) is 17.7 Å². The van der Waals surface area contributed by atoms with E-state index in [1.165, 1.54) is 27.7 Å². The maximum Gasteiger partial charge on any atom is 0.189 e. The Kier molecular flexibility index (Phi) is 8.78. The van der Waals surface area contributed by atoms with E-state index in [1.807, 2.05) is 48.5 Å². The Morgan fingerprint density at radius 1 is 0.818 bits per heavy atom. The molecule has 3 aromatic carbocycles. The summed E-state index contributed by atoms with van der Waals surface area (Å²) in [5.41, 5.74) is 3.13. The van der Waals surface area contributed by atoms with Gasteiger partial charge in [0.1, 0.15) is 5.76 Å². The molecule has 0 amide bonds. The van der Waals surface area contributed by atoms with E-state index in [2.05, 4.69) is 27.7 Å². The summed E-state index contributed by atoms with van der Waals surface area (Å²) in [7, 11) is 0. The predicted octanol–water partition coefficient (Wildman–Crippen LogP) is 6.62. The fourth-order valence-corrected chi connectivity index (χ4v) is 3.83. The maximum atomic E-state index is 11.8. The van der Waals surface area contributed by atoms with Crippen molar-refractivity contribution in [3.05, 3.63) is 127 Å². The Morgan fingerprint density at radius 2 is 1.45 bits per heavy atom. The van der Waals surface area contributed by atoms with Crippen LogP contribution >= 0.6 is 11.5 Å². The van der Waals surface area contributed by atoms with Gasteiger partial charge in [0, 0.05) is 47.7 Å². The number of hydrogen-bond acceptors (Lipinski definition) is 5. The molecular weight excluding hydrogens is 609 g/mol. The van der Waals surface area contributed by atoms with Crippen molar-refractivity contribution in [3.63, 3.8) is 0 Å². The van der Waals surface area contributed by atoms with Crippen molar-refractivity contribution in [2.45, 2.75) is 0 Å². The molecule has 5 rings (SSSR count). The van der Waals surface area contributed by atoms with Gasteiger partial charge in [-0.2, -0.15) is 0 Å². The van der Waals surface area contributed by atoms with E-state index in [1.54, 1.807) is 42.6 Å². The number of carbonyl (C=O) groups excluding carboxylic acids is 1. The molecule has 2 aromatic heterocycles. The van der Waals surface area contributed by atoms with Crippen molar-refractivity contribution in [1.82, 2.24) is 9.36 Å². The number of benzene rings is 3. The summed E-state index contributed by atoms with van der Waals surface area (Å²) < 4.78 is 5.63. The molecule has 4 nitrogen and oxygen atoms in total. The van der Waals surface area contributed by atoms with Crippen LogP contribution in [0, 0.1) is 6.20 Å². The van der Waals surface area contributed by atoms with Crippen molar-refractivity contribution in [2.24, 2.45) is 0 Å². The second-order valence-corrected chi connectivity index (χ2v) is 7.62. The molecule has 1 radical (unpaired) electrons. The van der Waals surface area contributed by atoms with Gasteiger partial charge in [0.25, 0.3) is 0 Å². The van der Waals surface area contributed by atoms with E-state index in [0.29, 0.717) is 11.1 Å². The summed E-state index contributed by atoms with van der Waals surface area (Å²) in [5.74, 6) is -0.216. The summed E-state index contributed by atoms with van der Waals surface area (Å²) in [6.45, 7) is 0. The van der Waals surface area contributed by atoms with Crippen LogP contribution in [0.1, 0.15) is 15.9 Å². The number of aliphatic hydroxyl groups excluding tert-OH is 1. The van der Waals surface area contributed by atoms with Gasteiger partial charge in [-0.05, 0) is 29.2 Å². The SMILES string of the molecule is O=C(/C=C(\O)c1ccccc1)c1ccccc1.[Ir].[c-]1ncccc1-c1nsc2ccccc12. The van der Waals surface area contributed by atoms with Crippen LogP contribution in [0.15, 0.2) is 109 Å². The molecule has 5 aromatic rings. The van der Waals surface area contributed by atoms with E-state index in [9.17, 15) is 9.90 Å². The maximum absolute atomic E-state index is 11.8. The molecule has 0 aliphatic carbocycles. The fourth-order valence-electron chi connectivity index (χ4n) is 3.04. The van der Waals surface area contributed by atoms with Gasteiger partial charge < -0.3 is 10.1 Å². The quantitative estimate of drug-likeness (QED) is 0.105. The van der Waals surface area contributed by atoms with Gasteiger partial charge in [-0.1, -0.05) is 85.1 Å². The molecule has 0 spiro atoms. The van der Waals surface area contributed by atoms with Gasteiger partial charge in [0.05, 0.1) is 0 Å². The number of ketones is 1. The van der Waals surface area contributed by atoms with Gasteiger partial charge in [0.15, 0.2) is 5.78 Å². The third-order valence-corrected chi connectivity index (χ3v) is 5.46. The van der Waals surface area contributed by atoms with Gasteiger partial charge in [0.2, 0.25) is 0 Å². The van der Waals surface area contributed by atoms with Crippen LogP contribution in [0.2, 0.25) is 0 Å². The number of hydrogen-bond donors (Lipinski definition) is 1. The third-order valence-electron chi connectivity index (χ3n) is 4.64. The summed E-state index contributed by atoms with van der Waals surface area (Å²) in [4.78, 5) is 15.8. The van der Waals surface area contributed by atoms with Crippen molar-refractivity contribution in [1.29, 1.82) is 0 Å². The van der Waals surface area contributed by atoms with Gasteiger partial charge in [-0.3, -0.25) is 4.79 Å². The zero-order chi connectivity index (χ0) is 22.2. The summed E-state index contributed by atoms with van der Waals surface area (Å²) in [5, 5.41) is 11.0. The molecule has 0 fully saturated rings. The van der Waals surface area contributed by atoms with Crippen LogP contribution in [0.3, 0.4) is 0 Å². The standard InChI is InChI=1S/C15H12O2.C12H7N2S.Ir/c16-14(12-7-3-1-4-8-12)11-15(17)13-9-5-2-6-10-13;1-2-6-11-10(5-1)12(14-15-11)9-4-3-7-13-8-9;/h1-11,16H;1-7H;/q;-1;/b14-11-;;. The third kappa shape index (κ3) is 6.30. The molecule has 0 bridgehead atoms. The summed E-state index contributed by atoms with van der Waals surface area (Å²) in [6, 6.07) is 29.9. The minimum absolute atomic E-state index is 0. The molecule has 6 heteroatoms. The number of allylic oxidation sites excluding steroid dienone is 1. The Bertz CT molecular complexity index is 1340. The molecule has 0 saturated heterocycles. The smallest absolute Gasteiger partial charge is 0.189 e. The summed E-state index contributed by atoms with van der Waals surface area (Å²) in [6.07, 6.45) is 5.92. The van der Waals surface area contributed by atoms with Crippen LogP contribution in [0.4, 0.5) is 0 Å². The largest absolute Gasteiger partial charge is 0.507 e. The minimum Gasteiger partial charge on any atom is -0.507 e. The molecule has 165 valence electrons. The van der Waals surface area contributed by atoms with Crippen LogP contribution < -0.4 is 0 Å². The van der Waals surface area contributed by atoms with Crippen LogP contribution in [-0.4, -0.2) is 20.2 Å². The molecule has 0 unspecified atom stereocenters. The van der Waals surface area contributed by atoms with Crippen molar-refractivity contribution in [2.75, 3.05) is 0 Å². The number of aliphatic hydroxyl groups is 1. The average Bonchev–Trinajstić information content (AvgIpc) is 3.30. The number of nitrogens with zero attached hydrogens (tertiary/aromatic N) is 2. The average molecular weight is 628 g/mol. The molecule has 0 aliphatic heterocycles. The first-order valence-corrected chi connectivity index (χ1v) is 10.7. The van der Waals surface area contributed by atoms with E-state index in [0.717, 1.165) is 11.3 Å². The van der Waals surface area contributed by atoms with Crippen molar-refractivity contribution >= 4 is 33.2 Å². The van der Waals surface area contributed by atoms with Crippen molar-refractivity contribution in [3.8, 4) is 11.3 Å². The first-order valence-electron chi connectivity index (χ1n) is 9.95. The Labute approximate surface area is 209 Å². The predicted molar refractivity (Wildman–Crippen MR) is 130 cm³/mol. The van der Waals surface area contributed by atoms with E-state index in [4.69, 9.17) is 0 Å². The fraction of sp³-hybridized carbons (Fsp3) is 0. The number of rotatable bonds is 4. The number of carbonyl (C=O) groups is 1. The topological polar surface area (TPSA) is 63.1 Å². The Hall–Kier alpha value is -3.44. The molecular formula is C27H19IrN2O2S-. The Morgan fingerprint density at radius 3 is 2.12 bits per heavy atom. The minimum atomic E-state index is -0.202. The number of fused-ring (bicyclic) bond motifs is 1. The molecule has 0 aliphatic rings. The molecule has 1 N–H and O–H groups in total. The number of pyridine rings is 1. The van der Waals surface area contributed by atoms with E-state index in [-0.39, 0.29) is 31.6 Å². The van der Waals surface area contributed by atoms with Crippen LogP contribution in [-0.2, 0) is 20.1 Å². The van der Waals surface area contributed by atoms with Crippen molar-refractivity contribution < 1.29 is 30.0 Å². The first-order chi connectivity index (χ1) is 15.7. The van der Waals surface area contributed by atoms with E-state index >= 15 is 0 Å². The van der Waals surface area contributed by atoms with Gasteiger partial charge >= 0.3 is 0 Å².